The van der Waals surface area contributed by atoms with Gasteiger partial charge in [-0.25, -0.2) is 18.4 Å². The second-order valence-electron chi connectivity index (χ2n) is 9.09. The van der Waals surface area contributed by atoms with E-state index in [0.717, 1.165) is 42.2 Å². The predicted molar refractivity (Wildman–Crippen MR) is 144 cm³/mol. The Morgan fingerprint density at radius 1 is 1.08 bits per heavy atom. The zero-order valence-electron chi connectivity index (χ0n) is 21.7. The maximum Gasteiger partial charge on any atom is 0.421 e. The average molecular weight is 566 g/mol. The van der Waals surface area contributed by atoms with Crippen LogP contribution in [-0.2, 0) is 22.7 Å². The van der Waals surface area contributed by atoms with Gasteiger partial charge in [-0.2, -0.15) is 18.2 Å². The molecule has 0 spiro atoms. The molecule has 4 rings (SSSR count). The van der Waals surface area contributed by atoms with Crippen LogP contribution in [-0.4, -0.2) is 67.8 Å². The molecule has 39 heavy (non-hydrogen) atoms. The summed E-state index contributed by atoms with van der Waals surface area (Å²) in [5, 5.41) is 8.87. The molecule has 1 aliphatic heterocycles. The highest BCUT2D eigenvalue weighted by atomic mass is 32.2. The lowest BCUT2D eigenvalue weighted by Crippen LogP contribution is -2.41. The number of nitrogens with one attached hydrogen (secondary N) is 3. The van der Waals surface area contributed by atoms with Crippen LogP contribution >= 0.6 is 0 Å². The summed E-state index contributed by atoms with van der Waals surface area (Å²) in [6.07, 6.45) is 1.67. The van der Waals surface area contributed by atoms with Crippen molar-refractivity contribution in [2.45, 2.75) is 31.6 Å². The van der Waals surface area contributed by atoms with Gasteiger partial charge in [0.15, 0.2) is 5.82 Å². The second-order valence-corrected chi connectivity index (χ2v) is 11.1. The predicted octanol–water partition coefficient (Wildman–Crippen LogP) is 3.23. The molecule has 1 saturated heterocycles. The molecule has 3 aromatic rings. The molecule has 3 N–H and O–H groups in total. The first-order chi connectivity index (χ1) is 18.5. The lowest BCUT2D eigenvalue weighted by atomic mass is 10.0. The van der Waals surface area contributed by atoms with Gasteiger partial charge in [-0.05, 0) is 44.2 Å². The summed E-state index contributed by atoms with van der Waals surface area (Å²) in [5.41, 5.74) is 0.724. The van der Waals surface area contributed by atoms with E-state index in [9.17, 15) is 21.6 Å². The van der Waals surface area contributed by atoms with Gasteiger partial charge in [0.2, 0.25) is 16.0 Å². The Balaban J connectivity index is 1.51. The van der Waals surface area contributed by atoms with Crippen LogP contribution in [0.4, 0.5) is 42.1 Å². The van der Waals surface area contributed by atoms with E-state index < -0.39 is 27.6 Å². The fourth-order valence-electron chi connectivity index (χ4n) is 4.17. The molecule has 0 unspecified atom stereocenters. The molecule has 0 atom stereocenters. The number of rotatable bonds is 9. The van der Waals surface area contributed by atoms with E-state index in [2.05, 4.69) is 40.8 Å². The Labute approximate surface area is 224 Å². The number of alkyl halides is 3. The van der Waals surface area contributed by atoms with Crippen molar-refractivity contribution in [1.29, 1.82) is 0 Å². The fraction of sp³-hybridized carbons (Fsp3) is 0.417. The minimum absolute atomic E-state index is 0.0104. The van der Waals surface area contributed by atoms with Crippen molar-refractivity contribution in [1.82, 2.24) is 25.3 Å². The standard InChI is InChI=1S/C24H30F3N9O2S/c1-28-16-8-12-36(13-9-16)18-6-4-17(5-7-18)33-23-32-14-19(24(25,26)27)21(34-23)31-15-20-22(30-11-10-29-20)35(2)39(3,37)38/h4-7,10-11,14,16,28H,8-9,12-13,15H2,1-3H3,(H2,31,32,33,34). The minimum Gasteiger partial charge on any atom is -0.371 e. The maximum atomic E-state index is 13.7. The Morgan fingerprint density at radius 3 is 2.36 bits per heavy atom. The number of hydrogen-bond donors (Lipinski definition) is 3. The van der Waals surface area contributed by atoms with E-state index in [1.807, 2.05) is 31.3 Å². The lowest BCUT2D eigenvalue weighted by molar-refractivity contribution is -0.137. The van der Waals surface area contributed by atoms with Gasteiger partial charge in [-0.1, -0.05) is 0 Å². The summed E-state index contributed by atoms with van der Waals surface area (Å²) in [5.74, 6) is -0.535. The first kappa shape index (κ1) is 28.3. The summed E-state index contributed by atoms with van der Waals surface area (Å²) in [7, 11) is -0.415. The van der Waals surface area contributed by atoms with Crippen LogP contribution in [0.1, 0.15) is 24.1 Å². The molecule has 1 fully saturated rings. The maximum absolute atomic E-state index is 13.7. The van der Waals surface area contributed by atoms with Crippen molar-refractivity contribution >= 4 is 39.0 Å². The smallest absolute Gasteiger partial charge is 0.371 e. The monoisotopic (exact) mass is 565 g/mol. The SMILES string of the molecule is CNC1CCN(c2ccc(Nc3ncc(C(F)(F)F)c(NCc4nccnc4N(C)S(C)(=O)=O)n3)cc2)CC1. The number of nitrogens with zero attached hydrogens (tertiary/aromatic N) is 6. The lowest BCUT2D eigenvalue weighted by Gasteiger charge is -2.33. The van der Waals surface area contributed by atoms with E-state index in [-0.39, 0.29) is 24.0 Å². The summed E-state index contributed by atoms with van der Waals surface area (Å²) < 4.78 is 65.9. The molecule has 1 aromatic carbocycles. The highest BCUT2D eigenvalue weighted by Gasteiger charge is 2.35. The number of benzene rings is 1. The Bertz CT molecular complexity index is 1380. The molecular weight excluding hydrogens is 535 g/mol. The first-order valence-electron chi connectivity index (χ1n) is 12.2. The van der Waals surface area contributed by atoms with Crippen molar-refractivity contribution in [2.75, 3.05) is 53.3 Å². The van der Waals surface area contributed by atoms with Gasteiger partial charge in [-0.15, -0.1) is 0 Å². The van der Waals surface area contributed by atoms with E-state index in [1.165, 1.54) is 19.4 Å². The normalized spacial score (nSPS) is 14.8. The van der Waals surface area contributed by atoms with Gasteiger partial charge in [0.25, 0.3) is 0 Å². The van der Waals surface area contributed by atoms with Crippen LogP contribution < -0.4 is 25.2 Å². The third-order valence-corrected chi connectivity index (χ3v) is 7.62. The molecular formula is C24H30F3N9O2S. The molecule has 0 saturated carbocycles. The molecule has 0 radical (unpaired) electrons. The van der Waals surface area contributed by atoms with E-state index >= 15 is 0 Å². The van der Waals surface area contributed by atoms with Crippen LogP contribution in [0.15, 0.2) is 42.9 Å². The molecule has 2 aromatic heterocycles. The van der Waals surface area contributed by atoms with E-state index in [4.69, 9.17) is 0 Å². The van der Waals surface area contributed by atoms with Gasteiger partial charge in [0.05, 0.1) is 12.8 Å². The third-order valence-electron chi connectivity index (χ3n) is 6.46. The topological polar surface area (TPSA) is 128 Å². The number of hydrogen-bond acceptors (Lipinski definition) is 10. The van der Waals surface area contributed by atoms with Crippen molar-refractivity contribution in [3.8, 4) is 0 Å². The molecule has 11 nitrogen and oxygen atoms in total. The highest BCUT2D eigenvalue weighted by molar-refractivity contribution is 7.92. The average Bonchev–Trinajstić information content (AvgIpc) is 2.91. The van der Waals surface area contributed by atoms with Crippen LogP contribution in [0.5, 0.6) is 0 Å². The summed E-state index contributed by atoms with van der Waals surface area (Å²) in [4.78, 5) is 18.3. The quantitative estimate of drug-likeness (QED) is 0.356. The molecule has 0 bridgehead atoms. The summed E-state index contributed by atoms with van der Waals surface area (Å²) in [6.45, 7) is 1.60. The zero-order chi connectivity index (χ0) is 28.2. The summed E-state index contributed by atoms with van der Waals surface area (Å²) >= 11 is 0. The second kappa shape index (κ2) is 11.6. The van der Waals surface area contributed by atoms with Crippen LogP contribution in [0.3, 0.4) is 0 Å². The largest absolute Gasteiger partial charge is 0.421 e. The number of anilines is 5. The third kappa shape index (κ3) is 7.03. The zero-order valence-corrected chi connectivity index (χ0v) is 22.5. The fourth-order valence-corrected chi connectivity index (χ4v) is 4.63. The number of sulfonamides is 1. The molecule has 0 amide bonds. The number of aromatic nitrogens is 4. The minimum atomic E-state index is -4.72. The summed E-state index contributed by atoms with van der Waals surface area (Å²) in [6, 6.07) is 8.04. The molecule has 3 heterocycles. The van der Waals surface area contributed by atoms with Crippen molar-refractivity contribution in [3.05, 3.63) is 54.1 Å². The first-order valence-corrected chi connectivity index (χ1v) is 14.0. The molecule has 1 aliphatic rings. The van der Waals surface area contributed by atoms with Gasteiger partial charge in [0, 0.05) is 56.1 Å². The number of halogens is 3. The van der Waals surface area contributed by atoms with Crippen molar-refractivity contribution < 1.29 is 21.6 Å². The van der Waals surface area contributed by atoms with Crippen LogP contribution in [0.25, 0.3) is 0 Å². The Kier molecular flexibility index (Phi) is 8.39. The van der Waals surface area contributed by atoms with Crippen LogP contribution in [0.2, 0.25) is 0 Å². The van der Waals surface area contributed by atoms with Gasteiger partial charge < -0.3 is 20.9 Å². The van der Waals surface area contributed by atoms with Crippen molar-refractivity contribution in [3.63, 3.8) is 0 Å². The molecule has 210 valence electrons. The van der Waals surface area contributed by atoms with Crippen molar-refractivity contribution in [2.24, 2.45) is 0 Å². The molecule has 15 heteroatoms. The van der Waals surface area contributed by atoms with Gasteiger partial charge >= 0.3 is 6.18 Å². The Hall–Kier alpha value is -3.72. The Morgan fingerprint density at radius 2 is 1.74 bits per heavy atom. The van der Waals surface area contributed by atoms with Gasteiger partial charge in [-0.3, -0.25) is 9.29 Å². The number of piperidine rings is 1. The highest BCUT2D eigenvalue weighted by Crippen LogP contribution is 2.34. The molecule has 0 aliphatic carbocycles. The van der Waals surface area contributed by atoms with E-state index in [1.54, 1.807) is 0 Å². The van der Waals surface area contributed by atoms with Crippen LogP contribution in [0, 0.1) is 0 Å². The van der Waals surface area contributed by atoms with Gasteiger partial charge in [0.1, 0.15) is 17.1 Å². The van der Waals surface area contributed by atoms with E-state index in [0.29, 0.717) is 17.9 Å².